The molecule has 2 rings (SSSR count). The van der Waals surface area contributed by atoms with E-state index in [1.54, 1.807) is 18.4 Å². The summed E-state index contributed by atoms with van der Waals surface area (Å²) in [4.78, 5) is 4.68. The number of nitrogens with one attached hydrogen (secondary N) is 2. The highest BCUT2D eigenvalue weighted by Gasteiger charge is 2.58. The molecule has 1 aromatic rings. The number of halogens is 1. The van der Waals surface area contributed by atoms with Crippen molar-refractivity contribution in [3.63, 3.8) is 0 Å². The lowest BCUT2D eigenvalue weighted by Gasteiger charge is -2.59. The van der Waals surface area contributed by atoms with Gasteiger partial charge in [-0.15, -0.1) is 24.0 Å². The molecule has 1 aromatic heterocycles. The quantitative estimate of drug-likeness (QED) is 0.420. The second kappa shape index (κ2) is 7.97. The topological polar surface area (TPSA) is 45.7 Å². The molecule has 1 heterocycles. The molecule has 0 aliphatic heterocycles. The lowest BCUT2D eigenvalue weighted by Crippen LogP contribution is -2.69. The largest absolute Gasteiger partial charge is 0.378 e. The van der Waals surface area contributed by atoms with Gasteiger partial charge in [0.2, 0.25) is 0 Å². The maximum absolute atomic E-state index is 5.68. The Balaban J connectivity index is 0.00000242. The van der Waals surface area contributed by atoms with Crippen molar-refractivity contribution in [1.82, 2.24) is 10.6 Å². The predicted octanol–water partition coefficient (Wildman–Crippen LogP) is 3.62. The first kappa shape index (κ1) is 19.7. The van der Waals surface area contributed by atoms with Crippen LogP contribution >= 0.6 is 35.3 Å². The van der Waals surface area contributed by atoms with Gasteiger partial charge in [0.1, 0.15) is 0 Å². The van der Waals surface area contributed by atoms with Gasteiger partial charge in [-0.1, -0.05) is 13.8 Å². The fourth-order valence-corrected chi connectivity index (χ4v) is 3.42. The lowest BCUT2D eigenvalue weighted by molar-refractivity contribution is -0.176. The van der Waals surface area contributed by atoms with Crippen molar-refractivity contribution >= 4 is 41.3 Å². The summed E-state index contributed by atoms with van der Waals surface area (Å²) >= 11 is 1.71. The number of guanidine groups is 1. The number of rotatable bonds is 5. The molecule has 2 atom stereocenters. The van der Waals surface area contributed by atoms with Crippen LogP contribution in [0.4, 0.5) is 0 Å². The fraction of sp³-hybridized carbons (Fsp3) is 0.688. The molecule has 22 heavy (non-hydrogen) atoms. The Morgan fingerprint density at radius 2 is 2.18 bits per heavy atom. The molecule has 2 unspecified atom stereocenters. The van der Waals surface area contributed by atoms with Gasteiger partial charge in [0.05, 0.1) is 12.1 Å². The van der Waals surface area contributed by atoms with Crippen LogP contribution in [-0.4, -0.2) is 31.3 Å². The minimum absolute atomic E-state index is 0. The number of methoxy groups -OCH3 is 1. The molecule has 2 N–H and O–H groups in total. The Hall–Kier alpha value is -0.340. The summed E-state index contributed by atoms with van der Waals surface area (Å²) in [5, 5.41) is 11.1. The van der Waals surface area contributed by atoms with Gasteiger partial charge < -0.3 is 15.4 Å². The second-order valence-electron chi connectivity index (χ2n) is 6.38. The molecule has 4 nitrogen and oxygen atoms in total. The number of nitrogens with zero attached hydrogens (tertiary/aromatic N) is 1. The van der Waals surface area contributed by atoms with Crippen molar-refractivity contribution in [2.75, 3.05) is 13.7 Å². The predicted molar refractivity (Wildman–Crippen MR) is 105 cm³/mol. The van der Waals surface area contributed by atoms with Crippen LogP contribution in [0.1, 0.15) is 39.7 Å². The molecule has 0 bridgehead atoms. The van der Waals surface area contributed by atoms with Crippen LogP contribution in [-0.2, 0) is 11.3 Å². The van der Waals surface area contributed by atoms with E-state index in [1.807, 2.05) is 0 Å². The van der Waals surface area contributed by atoms with Gasteiger partial charge in [0.25, 0.3) is 0 Å². The van der Waals surface area contributed by atoms with E-state index in [2.05, 4.69) is 60.1 Å². The molecule has 0 radical (unpaired) electrons. The molecule has 1 aliphatic rings. The van der Waals surface area contributed by atoms with Gasteiger partial charge in [0.15, 0.2) is 5.96 Å². The Morgan fingerprint density at radius 3 is 2.68 bits per heavy atom. The summed E-state index contributed by atoms with van der Waals surface area (Å²) in [6.07, 6.45) is 0.999. The highest BCUT2D eigenvalue weighted by molar-refractivity contribution is 14.0. The minimum atomic E-state index is -0.0602. The number of hydrogen-bond donors (Lipinski definition) is 2. The van der Waals surface area contributed by atoms with Crippen molar-refractivity contribution in [3.05, 3.63) is 22.4 Å². The van der Waals surface area contributed by atoms with E-state index < -0.39 is 0 Å². The third-order valence-corrected chi connectivity index (χ3v) is 5.67. The van der Waals surface area contributed by atoms with E-state index in [0.717, 1.165) is 18.9 Å². The molecular weight excluding hydrogens is 409 g/mol. The number of ether oxygens (including phenoxy) is 1. The van der Waals surface area contributed by atoms with Crippen molar-refractivity contribution < 1.29 is 4.74 Å². The number of aliphatic imine (C=N–C) groups is 1. The zero-order valence-corrected chi connectivity index (χ0v) is 17.2. The van der Waals surface area contributed by atoms with E-state index in [0.29, 0.717) is 12.6 Å². The van der Waals surface area contributed by atoms with E-state index in [4.69, 9.17) is 4.74 Å². The van der Waals surface area contributed by atoms with Gasteiger partial charge in [-0.05, 0) is 42.7 Å². The van der Waals surface area contributed by atoms with Gasteiger partial charge in [0, 0.05) is 25.1 Å². The number of hydrogen-bond acceptors (Lipinski definition) is 3. The smallest absolute Gasteiger partial charge is 0.191 e. The molecule has 6 heteroatoms. The van der Waals surface area contributed by atoms with Crippen LogP contribution < -0.4 is 10.6 Å². The summed E-state index contributed by atoms with van der Waals surface area (Å²) in [5.41, 5.74) is 1.28. The molecule has 0 amide bonds. The zero-order valence-electron chi connectivity index (χ0n) is 14.1. The van der Waals surface area contributed by atoms with Crippen molar-refractivity contribution in [2.45, 2.75) is 52.3 Å². The van der Waals surface area contributed by atoms with Crippen LogP contribution in [0.2, 0.25) is 0 Å². The minimum Gasteiger partial charge on any atom is -0.378 e. The van der Waals surface area contributed by atoms with Crippen LogP contribution in [0.3, 0.4) is 0 Å². The maximum atomic E-state index is 5.68. The average molecular weight is 437 g/mol. The van der Waals surface area contributed by atoms with E-state index in [1.165, 1.54) is 5.56 Å². The Kier molecular flexibility index (Phi) is 7.14. The molecule has 1 fully saturated rings. The molecule has 0 spiro atoms. The van der Waals surface area contributed by atoms with Gasteiger partial charge >= 0.3 is 0 Å². The SMILES string of the molecule is CCNC(=NCc1ccsc1)NC1CC(C)(OC)C1(C)C.I. The Bertz CT molecular complexity index is 490. The van der Waals surface area contributed by atoms with Crippen LogP contribution in [0.5, 0.6) is 0 Å². The first-order chi connectivity index (χ1) is 9.93. The summed E-state index contributed by atoms with van der Waals surface area (Å²) < 4.78 is 5.68. The second-order valence-corrected chi connectivity index (χ2v) is 7.16. The van der Waals surface area contributed by atoms with Crippen LogP contribution in [0.25, 0.3) is 0 Å². The van der Waals surface area contributed by atoms with E-state index >= 15 is 0 Å². The first-order valence-electron chi connectivity index (χ1n) is 7.54. The van der Waals surface area contributed by atoms with Crippen LogP contribution in [0.15, 0.2) is 21.8 Å². The monoisotopic (exact) mass is 437 g/mol. The first-order valence-corrected chi connectivity index (χ1v) is 8.48. The highest BCUT2D eigenvalue weighted by atomic mass is 127. The molecule has 0 saturated heterocycles. The average Bonchev–Trinajstić information content (AvgIpc) is 2.97. The third kappa shape index (κ3) is 3.94. The van der Waals surface area contributed by atoms with Crippen molar-refractivity contribution in [1.29, 1.82) is 0 Å². The molecule has 1 aliphatic carbocycles. The molecule has 0 aromatic carbocycles. The third-order valence-electron chi connectivity index (χ3n) is 4.93. The van der Waals surface area contributed by atoms with Gasteiger partial charge in [-0.3, -0.25) is 0 Å². The summed E-state index contributed by atoms with van der Waals surface area (Å²) in [7, 11) is 1.80. The lowest BCUT2D eigenvalue weighted by atomic mass is 9.56. The van der Waals surface area contributed by atoms with E-state index in [9.17, 15) is 0 Å². The summed E-state index contributed by atoms with van der Waals surface area (Å²) in [5.74, 6) is 0.889. The molecule has 126 valence electrons. The Morgan fingerprint density at radius 1 is 1.45 bits per heavy atom. The van der Waals surface area contributed by atoms with Gasteiger partial charge in [-0.2, -0.15) is 11.3 Å². The maximum Gasteiger partial charge on any atom is 0.191 e. The number of thiophene rings is 1. The zero-order chi connectivity index (χ0) is 15.5. The summed E-state index contributed by atoms with van der Waals surface area (Å²) in [6, 6.07) is 2.50. The normalized spacial score (nSPS) is 26.8. The highest BCUT2D eigenvalue weighted by Crippen LogP contribution is 2.51. The van der Waals surface area contributed by atoms with Crippen LogP contribution in [0, 0.1) is 5.41 Å². The molecule has 1 saturated carbocycles. The standard InChI is InChI=1S/C16H27N3OS.HI/c1-6-17-14(18-10-12-7-8-21-11-12)19-13-9-16(4,20-5)15(13,2)3;/h7-8,11,13H,6,9-10H2,1-5H3,(H2,17,18,19);1H. The van der Waals surface area contributed by atoms with Crippen molar-refractivity contribution in [3.8, 4) is 0 Å². The summed E-state index contributed by atoms with van der Waals surface area (Å²) in [6.45, 7) is 10.4. The molecular formula is C16H28IN3OS. The van der Waals surface area contributed by atoms with Crippen molar-refractivity contribution in [2.24, 2.45) is 10.4 Å². The Labute approximate surface area is 155 Å². The van der Waals surface area contributed by atoms with E-state index in [-0.39, 0.29) is 35.0 Å². The van der Waals surface area contributed by atoms with Gasteiger partial charge in [-0.25, -0.2) is 4.99 Å². The fourth-order valence-electron chi connectivity index (χ4n) is 2.76.